The van der Waals surface area contributed by atoms with Crippen LogP contribution in [0.2, 0.25) is 5.04 Å². The Morgan fingerprint density at radius 3 is 2.07 bits per heavy atom. The number of hydrogen-bond acceptors (Lipinski definition) is 4. The highest BCUT2D eigenvalue weighted by molar-refractivity contribution is 6.99. The van der Waals surface area contributed by atoms with E-state index in [4.69, 9.17) is 9.41 Å². The maximum atomic E-state index is 7.46. The molecule has 0 radical (unpaired) electrons. The summed E-state index contributed by atoms with van der Waals surface area (Å²) in [6.07, 6.45) is 7.86. The summed E-state index contributed by atoms with van der Waals surface area (Å²) in [5.41, 5.74) is 1.88. The van der Waals surface area contributed by atoms with Gasteiger partial charge in [0.2, 0.25) is 0 Å². The largest absolute Gasteiger partial charge is 0.406 e. The van der Waals surface area contributed by atoms with Crippen molar-refractivity contribution < 1.29 is 4.43 Å². The molecule has 3 aromatic rings. The molecule has 1 N–H and O–H groups in total. The van der Waals surface area contributed by atoms with Gasteiger partial charge in [-0.1, -0.05) is 101 Å². The van der Waals surface area contributed by atoms with E-state index in [1.165, 1.54) is 48.2 Å². The molecule has 2 aliphatic carbocycles. The molecular formula is C37H51N3OSi. The van der Waals surface area contributed by atoms with E-state index in [1.807, 2.05) is 0 Å². The predicted molar refractivity (Wildman–Crippen MR) is 178 cm³/mol. The molecule has 1 spiro atoms. The third-order valence-electron chi connectivity index (χ3n) is 10.8. The highest BCUT2D eigenvalue weighted by atomic mass is 28.4. The standard InChI is InChI=1S/C37H51N3OSi/c1-27(2)31-20-21-33(32-18-13-19-35(39-32)40(6)28-24-37(25-28)22-23-37)38-34(31)26-41-42(36(3,4)5,29-14-9-7-10-15-29)30-16-11-8-12-17-30/h7-19,27-28,31,33-34,38H,20-26H2,1-6H3. The van der Waals surface area contributed by atoms with Crippen molar-refractivity contribution in [2.45, 2.75) is 96.3 Å². The summed E-state index contributed by atoms with van der Waals surface area (Å²) in [7, 11) is -0.357. The molecule has 1 aromatic heterocycles. The minimum Gasteiger partial charge on any atom is -0.406 e. The number of benzene rings is 2. The fourth-order valence-electron chi connectivity index (χ4n) is 8.02. The van der Waals surface area contributed by atoms with E-state index in [9.17, 15) is 0 Å². The summed E-state index contributed by atoms with van der Waals surface area (Å²) in [5.74, 6) is 2.28. The van der Waals surface area contributed by atoms with Crippen LogP contribution in [0.25, 0.3) is 0 Å². The van der Waals surface area contributed by atoms with Crippen molar-refractivity contribution in [3.8, 4) is 0 Å². The van der Waals surface area contributed by atoms with Crippen LogP contribution in [0, 0.1) is 17.3 Å². The second kappa shape index (κ2) is 11.6. The molecule has 224 valence electrons. The van der Waals surface area contributed by atoms with E-state index in [0.717, 1.165) is 12.2 Å². The van der Waals surface area contributed by atoms with Gasteiger partial charge in [0.05, 0.1) is 12.3 Å². The third-order valence-corrected chi connectivity index (χ3v) is 15.8. The maximum Gasteiger partial charge on any atom is 0.261 e. The van der Waals surface area contributed by atoms with E-state index in [1.54, 1.807) is 0 Å². The molecule has 0 bridgehead atoms. The van der Waals surface area contributed by atoms with Gasteiger partial charge in [-0.2, -0.15) is 0 Å². The average Bonchev–Trinajstić information content (AvgIpc) is 3.78. The van der Waals surface area contributed by atoms with Crippen molar-refractivity contribution in [2.75, 3.05) is 18.6 Å². The van der Waals surface area contributed by atoms with Crippen LogP contribution < -0.4 is 20.6 Å². The molecule has 0 amide bonds. The van der Waals surface area contributed by atoms with Gasteiger partial charge in [-0.05, 0) is 83.3 Å². The number of piperidine rings is 1. The predicted octanol–water partition coefficient (Wildman–Crippen LogP) is 7.10. The lowest BCUT2D eigenvalue weighted by molar-refractivity contribution is 0.124. The zero-order valence-corrected chi connectivity index (χ0v) is 27.6. The Morgan fingerprint density at radius 2 is 1.52 bits per heavy atom. The number of pyridine rings is 1. The molecule has 2 saturated carbocycles. The number of anilines is 1. The second-order valence-electron chi connectivity index (χ2n) is 14.9. The zero-order chi connectivity index (χ0) is 29.5. The quantitative estimate of drug-likeness (QED) is 0.274. The first-order valence-corrected chi connectivity index (χ1v) is 18.2. The van der Waals surface area contributed by atoms with Gasteiger partial charge in [0.25, 0.3) is 8.32 Å². The Morgan fingerprint density at radius 1 is 0.905 bits per heavy atom. The number of hydrogen-bond donors (Lipinski definition) is 1. The topological polar surface area (TPSA) is 37.4 Å². The first-order chi connectivity index (χ1) is 20.1. The molecule has 6 rings (SSSR count). The molecule has 3 fully saturated rings. The highest BCUT2D eigenvalue weighted by Gasteiger charge is 2.54. The number of nitrogens with zero attached hydrogens (tertiary/aromatic N) is 2. The SMILES string of the molecule is CC(C)C1CCC(c2cccc(N(C)C3CC4(CC4)C3)n2)NC1CO[Si](c1ccccc1)(c1ccccc1)C(C)(C)C. The lowest BCUT2D eigenvalue weighted by atomic mass is 9.76. The summed E-state index contributed by atoms with van der Waals surface area (Å²) in [5, 5.41) is 6.75. The Hall–Kier alpha value is -2.47. The van der Waals surface area contributed by atoms with Crippen LogP contribution in [0.4, 0.5) is 5.82 Å². The normalized spacial score (nSPS) is 24.0. The van der Waals surface area contributed by atoms with Crippen molar-refractivity contribution in [3.63, 3.8) is 0 Å². The fraction of sp³-hybridized carbons (Fsp3) is 0.541. The maximum absolute atomic E-state index is 7.46. The van der Waals surface area contributed by atoms with Gasteiger partial charge < -0.3 is 14.6 Å². The van der Waals surface area contributed by atoms with Crippen LogP contribution in [-0.2, 0) is 4.43 Å². The minimum absolute atomic E-state index is 0.0296. The van der Waals surface area contributed by atoms with Crippen LogP contribution in [0.5, 0.6) is 0 Å². The second-order valence-corrected chi connectivity index (χ2v) is 19.2. The highest BCUT2D eigenvalue weighted by Crippen LogP contribution is 2.61. The van der Waals surface area contributed by atoms with Gasteiger partial charge in [0.1, 0.15) is 5.82 Å². The molecule has 2 aromatic carbocycles. The summed E-state index contributed by atoms with van der Waals surface area (Å²) in [6.45, 7) is 12.6. The van der Waals surface area contributed by atoms with E-state index in [0.29, 0.717) is 29.9 Å². The number of nitrogens with one attached hydrogen (secondary N) is 1. The Bertz CT molecular complexity index is 1290. The number of aromatic nitrogens is 1. The van der Waals surface area contributed by atoms with Crippen LogP contribution in [0.15, 0.2) is 78.9 Å². The van der Waals surface area contributed by atoms with E-state index in [-0.39, 0.29) is 17.1 Å². The van der Waals surface area contributed by atoms with Gasteiger partial charge in [0, 0.05) is 25.2 Å². The van der Waals surface area contributed by atoms with Crippen LogP contribution in [0.3, 0.4) is 0 Å². The van der Waals surface area contributed by atoms with Gasteiger partial charge in [-0.25, -0.2) is 4.98 Å². The minimum atomic E-state index is -2.60. The van der Waals surface area contributed by atoms with Crippen molar-refractivity contribution in [3.05, 3.63) is 84.6 Å². The molecule has 42 heavy (non-hydrogen) atoms. The fourth-order valence-corrected chi connectivity index (χ4v) is 12.6. The Labute approximate surface area is 255 Å². The zero-order valence-electron chi connectivity index (χ0n) is 26.6. The van der Waals surface area contributed by atoms with Crippen LogP contribution in [-0.4, -0.2) is 39.0 Å². The third kappa shape index (κ3) is 5.60. The lowest BCUT2D eigenvalue weighted by Gasteiger charge is -2.46. The summed E-state index contributed by atoms with van der Waals surface area (Å²) in [4.78, 5) is 7.69. The lowest BCUT2D eigenvalue weighted by Crippen LogP contribution is -2.67. The van der Waals surface area contributed by atoms with Crippen LogP contribution >= 0.6 is 0 Å². The first-order valence-electron chi connectivity index (χ1n) is 16.3. The van der Waals surface area contributed by atoms with Crippen molar-refractivity contribution in [1.29, 1.82) is 0 Å². The molecule has 5 heteroatoms. The van der Waals surface area contributed by atoms with Crippen molar-refractivity contribution >= 4 is 24.5 Å². The van der Waals surface area contributed by atoms with Gasteiger partial charge in [-0.15, -0.1) is 0 Å². The molecule has 1 aliphatic heterocycles. The number of rotatable bonds is 9. The van der Waals surface area contributed by atoms with Gasteiger partial charge >= 0.3 is 0 Å². The summed E-state index contributed by atoms with van der Waals surface area (Å²) < 4.78 is 7.46. The Balaban J connectivity index is 1.25. The average molecular weight is 582 g/mol. The van der Waals surface area contributed by atoms with E-state index in [2.05, 4.69) is 131 Å². The summed E-state index contributed by atoms with van der Waals surface area (Å²) >= 11 is 0. The molecule has 3 aliphatic rings. The summed E-state index contributed by atoms with van der Waals surface area (Å²) in [6, 6.07) is 29.9. The molecule has 3 atom stereocenters. The molecule has 1 saturated heterocycles. The van der Waals surface area contributed by atoms with E-state index < -0.39 is 8.32 Å². The van der Waals surface area contributed by atoms with Gasteiger partial charge in [-0.3, -0.25) is 0 Å². The molecule has 3 unspecified atom stereocenters. The first kappa shape index (κ1) is 29.6. The Kier molecular flexibility index (Phi) is 8.14. The smallest absolute Gasteiger partial charge is 0.261 e. The van der Waals surface area contributed by atoms with E-state index >= 15 is 0 Å². The van der Waals surface area contributed by atoms with Gasteiger partial charge in [0.15, 0.2) is 0 Å². The molecule has 2 heterocycles. The molecule has 4 nitrogen and oxygen atoms in total. The van der Waals surface area contributed by atoms with Crippen LogP contribution in [0.1, 0.15) is 84.9 Å². The van der Waals surface area contributed by atoms with Crippen molar-refractivity contribution in [2.24, 2.45) is 17.3 Å². The molecular weight excluding hydrogens is 531 g/mol. The van der Waals surface area contributed by atoms with Crippen molar-refractivity contribution in [1.82, 2.24) is 10.3 Å². The monoisotopic (exact) mass is 581 g/mol.